The van der Waals surface area contributed by atoms with Crippen LogP contribution in [0.4, 0.5) is 0 Å². The van der Waals surface area contributed by atoms with Crippen molar-refractivity contribution in [3.63, 3.8) is 0 Å². The second-order valence-electron chi connectivity index (χ2n) is 13.3. The van der Waals surface area contributed by atoms with E-state index in [4.69, 9.17) is 14.4 Å². The number of aliphatic imine (C=N–C) groups is 2. The first-order chi connectivity index (χ1) is 25.5. The van der Waals surface area contributed by atoms with Gasteiger partial charge >= 0.3 is 0 Å². The first kappa shape index (κ1) is 33.9. The topological polar surface area (TPSA) is 49.9 Å². The third-order valence-corrected chi connectivity index (χ3v) is 10.6. The van der Waals surface area contributed by atoms with Crippen LogP contribution in [0.3, 0.4) is 0 Å². The van der Waals surface area contributed by atoms with Gasteiger partial charge in [0.15, 0.2) is 5.84 Å². The molecule has 2 heterocycles. The Labute approximate surface area is 318 Å². The van der Waals surface area contributed by atoms with Gasteiger partial charge in [-0.25, -0.2) is 9.98 Å². The highest BCUT2D eigenvalue weighted by molar-refractivity contribution is 14.1. The summed E-state index contributed by atoms with van der Waals surface area (Å²) in [5.41, 5.74) is 10.2. The molecule has 1 aromatic heterocycles. The number of fused-ring (bicyclic) bond motifs is 3. The summed E-state index contributed by atoms with van der Waals surface area (Å²) >= 11 is 2.36. The lowest BCUT2D eigenvalue weighted by molar-refractivity contribution is 0.479. The predicted molar refractivity (Wildman–Crippen MR) is 229 cm³/mol. The Bertz CT molecular complexity index is 2620. The minimum absolute atomic E-state index is 0.260. The molecule has 0 amide bonds. The van der Waals surface area contributed by atoms with E-state index in [2.05, 4.69) is 168 Å². The van der Waals surface area contributed by atoms with E-state index in [0.717, 1.165) is 67.6 Å². The summed E-state index contributed by atoms with van der Waals surface area (Å²) in [5.74, 6) is 2.55. The summed E-state index contributed by atoms with van der Waals surface area (Å²) in [6, 6.07) is 39.3. The van der Waals surface area contributed by atoms with Gasteiger partial charge in [-0.05, 0) is 107 Å². The molecular formula is C47H40IN3O. The number of furan rings is 1. The maximum atomic E-state index is 6.54. The highest BCUT2D eigenvalue weighted by atomic mass is 127. The molecule has 5 aromatic carbocycles. The predicted octanol–water partition coefficient (Wildman–Crippen LogP) is 10.7. The van der Waals surface area contributed by atoms with Crippen LogP contribution in [-0.2, 0) is 6.42 Å². The Hall–Kier alpha value is -5.27. The Morgan fingerprint density at radius 2 is 1.46 bits per heavy atom. The summed E-state index contributed by atoms with van der Waals surface area (Å²) in [6.45, 7) is 6.24. The van der Waals surface area contributed by atoms with E-state index in [1.807, 2.05) is 19.9 Å². The van der Waals surface area contributed by atoms with Crippen molar-refractivity contribution in [1.82, 2.24) is 5.32 Å². The number of aryl methyl sites for hydroxylation is 1. The molecule has 6 aromatic rings. The molecule has 1 atom stereocenters. The molecule has 1 aliphatic carbocycles. The van der Waals surface area contributed by atoms with Gasteiger partial charge in [-0.3, -0.25) is 0 Å². The van der Waals surface area contributed by atoms with Crippen molar-refractivity contribution >= 4 is 79.1 Å². The maximum Gasteiger partial charge on any atom is 0.159 e. The quantitative estimate of drug-likeness (QED) is 0.0995. The maximum absolute atomic E-state index is 6.54. The van der Waals surface area contributed by atoms with Gasteiger partial charge < -0.3 is 9.73 Å². The number of alkyl halides is 1. The second kappa shape index (κ2) is 14.8. The van der Waals surface area contributed by atoms with E-state index >= 15 is 0 Å². The van der Waals surface area contributed by atoms with E-state index in [0.29, 0.717) is 0 Å². The molecule has 256 valence electrons. The van der Waals surface area contributed by atoms with Gasteiger partial charge in [0.25, 0.3) is 0 Å². The summed E-state index contributed by atoms with van der Waals surface area (Å²) < 4.78 is 7.45. The average molecular weight is 790 g/mol. The molecule has 0 spiro atoms. The van der Waals surface area contributed by atoms with Crippen LogP contribution in [-0.4, -0.2) is 16.1 Å². The molecule has 1 unspecified atom stereocenters. The Kier molecular flexibility index (Phi) is 9.61. The number of nitrogens with one attached hydrogen (secondary N) is 1. The van der Waals surface area contributed by atoms with E-state index in [1.165, 1.54) is 43.8 Å². The van der Waals surface area contributed by atoms with Crippen molar-refractivity contribution in [2.24, 2.45) is 9.98 Å². The van der Waals surface area contributed by atoms with Crippen LogP contribution in [0.25, 0.3) is 56.0 Å². The number of allylic oxidation sites excluding steroid dienone is 3. The van der Waals surface area contributed by atoms with Crippen molar-refractivity contribution in [3.8, 4) is 11.1 Å². The van der Waals surface area contributed by atoms with Gasteiger partial charge in [-0.15, -0.1) is 0 Å². The summed E-state index contributed by atoms with van der Waals surface area (Å²) in [5, 5.41) is 9.75. The summed E-state index contributed by atoms with van der Waals surface area (Å²) in [6.07, 6.45) is 12.3. The van der Waals surface area contributed by atoms with Gasteiger partial charge in [0.05, 0.1) is 0 Å². The Morgan fingerprint density at radius 1 is 0.808 bits per heavy atom. The lowest BCUT2D eigenvalue weighted by Crippen LogP contribution is -2.37. The Balaban J connectivity index is 1.18. The van der Waals surface area contributed by atoms with Crippen LogP contribution in [0.1, 0.15) is 55.8 Å². The molecule has 5 heteroatoms. The first-order valence-electron chi connectivity index (χ1n) is 17.9. The first-order valence-corrected chi connectivity index (χ1v) is 19.5. The number of rotatable bonds is 7. The minimum atomic E-state index is -0.260. The van der Waals surface area contributed by atoms with Crippen molar-refractivity contribution in [1.29, 1.82) is 0 Å². The molecule has 0 fully saturated rings. The fourth-order valence-corrected chi connectivity index (χ4v) is 7.58. The lowest BCUT2D eigenvalue weighted by Gasteiger charge is -2.24. The summed E-state index contributed by atoms with van der Waals surface area (Å²) in [7, 11) is 0. The SMILES string of the molecule is C/C=C(\C=C/CI)C1=NC(c2ccccc2)NC(/C(C)=c2\c3c(o\c2=C\C)CCC(c2ccc4cc(-c5ccc6ccccc6c5)ccc4c2)=C3)=N1. The van der Waals surface area contributed by atoms with Gasteiger partial charge in [0.1, 0.15) is 23.2 Å². The number of halogens is 1. The van der Waals surface area contributed by atoms with Gasteiger partial charge in [-0.2, -0.15) is 0 Å². The fourth-order valence-electron chi connectivity index (χ4n) is 7.32. The smallest absolute Gasteiger partial charge is 0.159 e. The molecule has 4 nitrogen and oxygen atoms in total. The Morgan fingerprint density at radius 3 is 2.17 bits per heavy atom. The monoisotopic (exact) mass is 789 g/mol. The van der Waals surface area contributed by atoms with Crippen LogP contribution in [0, 0.1) is 0 Å². The zero-order valence-electron chi connectivity index (χ0n) is 29.7. The molecule has 1 N–H and O–H groups in total. The number of hydrogen-bond acceptors (Lipinski definition) is 4. The standard InChI is InChI=1S/C47H40IN3O/c1-4-31(16-11-25-48)46-49-45(50-47(51-46)33-13-7-6-8-14-33)30(3)44-41-29-40(23-24-43(41)52-42(44)5-2)39-22-21-37-27-36(19-20-38(37)28-39)35-18-17-32-12-9-10-15-34(32)26-35/h4-22,26-29,47H,23-25H2,1-3H3,(H,49,50,51)/b16-11-,31-4+,42-5+,44-30+. The minimum Gasteiger partial charge on any atom is -0.461 e. The van der Waals surface area contributed by atoms with Crippen LogP contribution in [0.2, 0.25) is 0 Å². The molecule has 0 radical (unpaired) electrons. The molecule has 0 saturated carbocycles. The highest BCUT2D eigenvalue weighted by Gasteiger charge is 2.24. The van der Waals surface area contributed by atoms with Crippen molar-refractivity contribution < 1.29 is 4.42 Å². The number of benzene rings is 5. The highest BCUT2D eigenvalue weighted by Crippen LogP contribution is 2.33. The molecule has 52 heavy (non-hydrogen) atoms. The van der Waals surface area contributed by atoms with Gasteiger partial charge in [0.2, 0.25) is 0 Å². The van der Waals surface area contributed by atoms with Crippen LogP contribution in [0.15, 0.2) is 147 Å². The number of hydrogen-bond donors (Lipinski definition) is 1. The van der Waals surface area contributed by atoms with Crippen molar-refractivity contribution in [2.45, 2.75) is 39.8 Å². The van der Waals surface area contributed by atoms with E-state index < -0.39 is 0 Å². The molecule has 0 saturated heterocycles. The van der Waals surface area contributed by atoms with E-state index in [1.54, 1.807) is 0 Å². The van der Waals surface area contributed by atoms with E-state index in [9.17, 15) is 0 Å². The largest absolute Gasteiger partial charge is 0.461 e. The van der Waals surface area contributed by atoms with Gasteiger partial charge in [0, 0.05) is 32.8 Å². The lowest BCUT2D eigenvalue weighted by atomic mass is 9.90. The van der Waals surface area contributed by atoms with Crippen LogP contribution >= 0.6 is 22.6 Å². The summed E-state index contributed by atoms with van der Waals surface area (Å²) in [4.78, 5) is 10.2. The molecule has 8 rings (SSSR count). The normalized spacial score (nSPS) is 17.2. The molecule has 0 bridgehead atoms. The van der Waals surface area contributed by atoms with Gasteiger partial charge in [-0.1, -0.05) is 132 Å². The van der Waals surface area contributed by atoms with Crippen LogP contribution in [0.5, 0.6) is 0 Å². The number of nitrogens with zero attached hydrogens (tertiary/aromatic N) is 2. The van der Waals surface area contributed by atoms with Crippen molar-refractivity contribution in [3.05, 3.63) is 166 Å². The number of amidine groups is 2. The molecular weight excluding hydrogens is 749 g/mol. The molecule has 2 aliphatic rings. The third kappa shape index (κ3) is 6.61. The zero-order chi connectivity index (χ0) is 35.6. The second-order valence-corrected chi connectivity index (χ2v) is 14.2. The van der Waals surface area contributed by atoms with Crippen molar-refractivity contribution in [2.75, 3.05) is 4.43 Å². The van der Waals surface area contributed by atoms with Crippen LogP contribution < -0.4 is 16.0 Å². The zero-order valence-corrected chi connectivity index (χ0v) is 31.8. The molecule has 1 aliphatic heterocycles. The van der Waals surface area contributed by atoms with E-state index in [-0.39, 0.29) is 6.17 Å². The fraction of sp³-hybridized carbons (Fsp3) is 0.149. The average Bonchev–Trinajstić information content (AvgIpc) is 3.58. The third-order valence-electron chi connectivity index (χ3n) is 10.1.